The summed E-state index contributed by atoms with van der Waals surface area (Å²) in [7, 11) is 0. The average molecular weight is 774 g/mol. The normalized spacial score (nSPS) is 11.4. The van der Waals surface area contributed by atoms with Gasteiger partial charge in [-0.05, 0) is 142 Å². The lowest BCUT2D eigenvalue weighted by molar-refractivity contribution is 1.27. The molecule has 0 saturated carbocycles. The molecule has 0 aromatic heterocycles. The summed E-state index contributed by atoms with van der Waals surface area (Å²) in [5.41, 5.74) is 13.9. The molecule has 0 unspecified atom stereocenters. The molecule has 0 atom stereocenters. The molecule has 0 fully saturated rings. The molecule has 266 valence electrons. The Labute approximate surface area is 333 Å². The van der Waals surface area contributed by atoms with E-state index >= 15 is 0 Å². The predicted molar refractivity (Wildman–Crippen MR) is 241 cm³/mol. The zero-order valence-corrected chi connectivity index (χ0v) is 32.6. The van der Waals surface area contributed by atoms with Gasteiger partial charge in [0.2, 0.25) is 0 Å². The summed E-state index contributed by atoms with van der Waals surface area (Å²) in [6, 6.07) is 66.9. The third-order valence-electron chi connectivity index (χ3n) is 9.85. The summed E-state index contributed by atoms with van der Waals surface area (Å²) >= 11 is 3.92. The molecule has 0 N–H and O–H groups in total. The number of aryl methyl sites for hydroxylation is 2. The van der Waals surface area contributed by atoms with E-state index in [0.717, 1.165) is 60.9 Å². The predicted octanol–water partition coefficient (Wildman–Crippen LogP) is 15.5. The largest absolute Gasteiger partial charge is 0.311 e. The van der Waals surface area contributed by atoms with Gasteiger partial charge in [-0.1, -0.05) is 145 Å². The molecule has 0 spiro atoms. The van der Waals surface area contributed by atoms with Crippen LogP contribution in [0, 0.1) is 13.8 Å². The second-order valence-corrected chi connectivity index (χ2v) is 14.6. The molecular formula is C52H41BrN2. The zero-order chi connectivity index (χ0) is 37.6. The number of nitrogens with zero attached hydrogens (tertiary/aromatic N) is 2. The molecule has 0 bridgehead atoms. The maximum absolute atomic E-state index is 3.92. The van der Waals surface area contributed by atoms with E-state index in [-0.39, 0.29) is 0 Å². The highest BCUT2D eigenvalue weighted by Gasteiger charge is 2.13. The summed E-state index contributed by atoms with van der Waals surface area (Å²) in [6.07, 6.45) is 8.73. The Hall–Kier alpha value is -6.42. The van der Waals surface area contributed by atoms with Gasteiger partial charge in [-0.3, -0.25) is 0 Å². The van der Waals surface area contributed by atoms with Crippen LogP contribution in [0.1, 0.15) is 33.4 Å². The first-order chi connectivity index (χ1) is 27.0. The third-order valence-corrected chi connectivity index (χ3v) is 10.7. The van der Waals surface area contributed by atoms with E-state index < -0.39 is 0 Å². The Morgan fingerprint density at radius 3 is 1.22 bits per heavy atom. The number of para-hydroxylation sites is 2. The molecule has 2 nitrogen and oxygen atoms in total. The Balaban J connectivity index is 0.974. The van der Waals surface area contributed by atoms with Crippen LogP contribution in [0.4, 0.5) is 34.1 Å². The molecule has 0 aliphatic rings. The van der Waals surface area contributed by atoms with Gasteiger partial charge in [0.1, 0.15) is 0 Å². The minimum atomic E-state index is 1.09. The van der Waals surface area contributed by atoms with Crippen molar-refractivity contribution in [2.75, 3.05) is 9.80 Å². The van der Waals surface area contributed by atoms with Gasteiger partial charge in [0, 0.05) is 38.6 Å². The Morgan fingerprint density at radius 1 is 0.364 bits per heavy atom. The van der Waals surface area contributed by atoms with Gasteiger partial charge in [-0.2, -0.15) is 0 Å². The first-order valence-corrected chi connectivity index (χ1v) is 19.4. The highest BCUT2D eigenvalue weighted by atomic mass is 79.9. The van der Waals surface area contributed by atoms with Crippen molar-refractivity contribution < 1.29 is 0 Å². The number of anilines is 6. The first-order valence-electron chi connectivity index (χ1n) is 18.6. The molecule has 55 heavy (non-hydrogen) atoms. The van der Waals surface area contributed by atoms with E-state index in [4.69, 9.17) is 0 Å². The maximum Gasteiger partial charge on any atom is 0.0462 e. The molecule has 8 aromatic carbocycles. The number of hydrogen-bond donors (Lipinski definition) is 0. The van der Waals surface area contributed by atoms with E-state index in [2.05, 4.69) is 252 Å². The van der Waals surface area contributed by atoms with Gasteiger partial charge < -0.3 is 9.80 Å². The summed E-state index contributed by atoms with van der Waals surface area (Å²) in [5.74, 6) is 0. The van der Waals surface area contributed by atoms with E-state index in [9.17, 15) is 0 Å². The number of benzene rings is 8. The molecule has 0 radical (unpaired) electrons. The molecule has 8 rings (SSSR count). The highest BCUT2D eigenvalue weighted by molar-refractivity contribution is 9.10. The van der Waals surface area contributed by atoms with Crippen LogP contribution in [-0.4, -0.2) is 0 Å². The minimum Gasteiger partial charge on any atom is -0.311 e. The van der Waals surface area contributed by atoms with Crippen LogP contribution in [0.3, 0.4) is 0 Å². The monoisotopic (exact) mass is 772 g/mol. The van der Waals surface area contributed by atoms with Crippen molar-refractivity contribution >= 4 is 85.1 Å². The van der Waals surface area contributed by atoms with E-state index in [1.165, 1.54) is 21.9 Å². The van der Waals surface area contributed by atoms with Crippen LogP contribution in [0.5, 0.6) is 0 Å². The number of halogens is 1. The lowest BCUT2D eigenvalue weighted by atomic mass is 10.0. The van der Waals surface area contributed by atoms with Gasteiger partial charge in [0.05, 0.1) is 0 Å². The van der Waals surface area contributed by atoms with E-state index in [1.807, 2.05) is 0 Å². The smallest absolute Gasteiger partial charge is 0.0462 e. The third kappa shape index (κ3) is 8.23. The van der Waals surface area contributed by atoms with Crippen molar-refractivity contribution in [2.24, 2.45) is 0 Å². The maximum atomic E-state index is 3.92. The molecule has 3 heteroatoms. The Morgan fingerprint density at radius 2 is 0.745 bits per heavy atom. The van der Waals surface area contributed by atoms with Crippen LogP contribution in [-0.2, 0) is 0 Å². The van der Waals surface area contributed by atoms with Gasteiger partial charge in [-0.15, -0.1) is 0 Å². The Bertz CT molecular complexity index is 2570. The number of hydrogen-bond acceptors (Lipinski definition) is 2. The highest BCUT2D eigenvalue weighted by Crippen LogP contribution is 2.37. The van der Waals surface area contributed by atoms with Crippen LogP contribution in [0.15, 0.2) is 193 Å². The summed E-state index contributed by atoms with van der Waals surface area (Å²) in [5, 5.41) is 2.38. The van der Waals surface area contributed by atoms with Crippen molar-refractivity contribution in [3.8, 4) is 0 Å². The quantitative estimate of drug-likeness (QED) is 0.128. The topological polar surface area (TPSA) is 6.48 Å². The molecule has 0 aliphatic heterocycles. The minimum absolute atomic E-state index is 1.09. The van der Waals surface area contributed by atoms with Crippen molar-refractivity contribution in [3.63, 3.8) is 0 Å². The molecule has 0 amide bonds. The fourth-order valence-corrected chi connectivity index (χ4v) is 7.47. The summed E-state index contributed by atoms with van der Waals surface area (Å²) in [6.45, 7) is 4.24. The molecule has 0 aliphatic carbocycles. The van der Waals surface area contributed by atoms with Gasteiger partial charge >= 0.3 is 0 Å². The summed E-state index contributed by atoms with van der Waals surface area (Å²) in [4.78, 5) is 4.58. The average Bonchev–Trinajstić information content (AvgIpc) is 3.23. The van der Waals surface area contributed by atoms with Gasteiger partial charge in [0.15, 0.2) is 0 Å². The number of rotatable bonds is 10. The van der Waals surface area contributed by atoms with Crippen molar-refractivity contribution in [1.82, 2.24) is 0 Å². The van der Waals surface area contributed by atoms with Crippen LogP contribution in [0.2, 0.25) is 0 Å². The lowest BCUT2D eigenvalue weighted by Gasteiger charge is -2.25. The van der Waals surface area contributed by atoms with Crippen molar-refractivity contribution in [1.29, 1.82) is 0 Å². The molecular weight excluding hydrogens is 732 g/mol. The van der Waals surface area contributed by atoms with Crippen LogP contribution >= 0.6 is 15.9 Å². The second-order valence-electron chi connectivity index (χ2n) is 13.8. The van der Waals surface area contributed by atoms with Crippen LogP contribution < -0.4 is 9.80 Å². The van der Waals surface area contributed by atoms with Crippen molar-refractivity contribution in [3.05, 3.63) is 226 Å². The zero-order valence-electron chi connectivity index (χ0n) is 31.0. The van der Waals surface area contributed by atoms with E-state index in [1.54, 1.807) is 0 Å². The fraction of sp³-hybridized carbons (Fsp3) is 0.0385. The molecule has 8 aromatic rings. The van der Waals surface area contributed by atoms with Gasteiger partial charge in [0.25, 0.3) is 0 Å². The number of fused-ring (bicyclic) bond motifs is 1. The van der Waals surface area contributed by atoms with Crippen LogP contribution in [0.25, 0.3) is 35.1 Å². The van der Waals surface area contributed by atoms with Gasteiger partial charge in [-0.25, -0.2) is 0 Å². The lowest BCUT2D eigenvalue weighted by Crippen LogP contribution is -2.09. The SMILES string of the molecule is Cc1ccc(N(c2ccccc2)c2ccc(C=Cc3ccc4c(Br)c(C=Cc5ccc(N(c6ccccc6)c6ccc(C)cc6)cc5)ccc4c3)cc2)cc1. The molecule has 0 saturated heterocycles. The second kappa shape index (κ2) is 16.3. The summed E-state index contributed by atoms with van der Waals surface area (Å²) < 4.78 is 1.09. The van der Waals surface area contributed by atoms with E-state index in [0.29, 0.717) is 0 Å². The fourth-order valence-electron chi connectivity index (χ4n) is 6.84. The van der Waals surface area contributed by atoms with Crippen molar-refractivity contribution in [2.45, 2.75) is 13.8 Å². The molecule has 0 heterocycles. The standard InChI is InChI=1S/C52H41BrN2/c1-38-13-28-47(29-14-38)54(45-9-5-3-6-10-45)49-32-20-40(21-33-49)17-18-42-24-36-51-44(37-42)27-26-43(52(51)53)25-19-41-22-34-50(35-23-41)55(46-11-7-4-8-12-46)48-30-15-39(2)16-31-48/h3-37H,1-2H3. The Kier molecular flexibility index (Phi) is 10.6. The first kappa shape index (κ1) is 35.6.